The number of fused-ring (bicyclic) bond motifs is 3. The van der Waals surface area contributed by atoms with Crippen LogP contribution in [0.5, 0.6) is 0 Å². The molecule has 0 N–H and O–H groups in total. The van der Waals surface area contributed by atoms with Crippen LogP contribution in [0.1, 0.15) is 43.6 Å². The SMILES string of the molecule is Cc1coc2c1C[C@@H]1O[C@@]1(C)CC[C@H]1O[C@]1(C)C2. The van der Waals surface area contributed by atoms with Gasteiger partial charge in [-0.1, -0.05) is 0 Å². The second-order valence-corrected chi connectivity index (χ2v) is 6.58. The average molecular weight is 248 g/mol. The van der Waals surface area contributed by atoms with E-state index in [1.807, 2.05) is 6.26 Å². The molecule has 3 heteroatoms. The van der Waals surface area contributed by atoms with Gasteiger partial charge in [-0.2, -0.15) is 0 Å². The fraction of sp³-hybridized carbons (Fsp3) is 0.733. The number of aryl methyl sites for hydroxylation is 1. The fourth-order valence-corrected chi connectivity index (χ4v) is 3.45. The molecule has 0 bridgehead atoms. The third-order valence-corrected chi connectivity index (χ3v) is 5.07. The number of ether oxygens (including phenoxy) is 2. The summed E-state index contributed by atoms with van der Waals surface area (Å²) in [5.41, 5.74) is 2.67. The molecule has 18 heavy (non-hydrogen) atoms. The second kappa shape index (κ2) is 3.20. The van der Waals surface area contributed by atoms with Crippen LogP contribution in [0.2, 0.25) is 0 Å². The molecule has 0 amide bonds. The van der Waals surface area contributed by atoms with E-state index in [1.54, 1.807) is 0 Å². The highest BCUT2D eigenvalue weighted by atomic mass is 16.6. The number of furan rings is 1. The van der Waals surface area contributed by atoms with Crippen LogP contribution in [-0.4, -0.2) is 23.4 Å². The molecule has 1 aliphatic carbocycles. The summed E-state index contributed by atoms with van der Waals surface area (Å²) in [6.45, 7) is 6.56. The molecule has 0 aromatic carbocycles. The molecule has 2 fully saturated rings. The molecule has 2 aliphatic heterocycles. The minimum absolute atomic E-state index is 0.00285. The maximum atomic E-state index is 5.92. The van der Waals surface area contributed by atoms with Crippen LogP contribution in [0.4, 0.5) is 0 Å². The van der Waals surface area contributed by atoms with Crippen LogP contribution < -0.4 is 0 Å². The number of hydrogen-bond donors (Lipinski definition) is 0. The lowest BCUT2D eigenvalue weighted by Gasteiger charge is -2.11. The van der Waals surface area contributed by atoms with Crippen molar-refractivity contribution in [3.8, 4) is 0 Å². The topological polar surface area (TPSA) is 38.2 Å². The van der Waals surface area contributed by atoms with Gasteiger partial charge in [-0.25, -0.2) is 0 Å². The fourth-order valence-electron chi connectivity index (χ4n) is 3.45. The summed E-state index contributed by atoms with van der Waals surface area (Å²) < 4.78 is 17.6. The van der Waals surface area contributed by atoms with E-state index >= 15 is 0 Å². The van der Waals surface area contributed by atoms with E-state index in [0.717, 1.165) is 31.4 Å². The standard InChI is InChI=1S/C15H20O3/c1-9-8-16-11-7-15(3)12(17-15)4-5-14(2)13(18-14)6-10(9)11/h8,12-13H,4-7H2,1-3H3/t12-,13+,14+,15-/m1/s1. The van der Waals surface area contributed by atoms with Crippen LogP contribution in [0.25, 0.3) is 0 Å². The molecule has 98 valence electrons. The molecule has 1 aromatic rings. The molecule has 0 unspecified atom stereocenters. The van der Waals surface area contributed by atoms with Gasteiger partial charge in [-0.3, -0.25) is 0 Å². The van der Waals surface area contributed by atoms with Crippen LogP contribution in [-0.2, 0) is 22.3 Å². The Morgan fingerprint density at radius 2 is 1.94 bits per heavy atom. The van der Waals surface area contributed by atoms with Crippen molar-refractivity contribution in [2.24, 2.45) is 0 Å². The van der Waals surface area contributed by atoms with E-state index in [9.17, 15) is 0 Å². The lowest BCUT2D eigenvalue weighted by Crippen LogP contribution is -2.20. The monoisotopic (exact) mass is 248 g/mol. The maximum Gasteiger partial charge on any atom is 0.110 e. The quantitative estimate of drug-likeness (QED) is 0.663. The molecular weight excluding hydrogens is 228 g/mol. The van der Waals surface area contributed by atoms with Gasteiger partial charge in [-0.05, 0) is 44.7 Å². The summed E-state index contributed by atoms with van der Waals surface area (Å²) in [6, 6.07) is 0. The van der Waals surface area contributed by atoms with Crippen LogP contribution >= 0.6 is 0 Å². The van der Waals surface area contributed by atoms with Crippen molar-refractivity contribution in [3.05, 3.63) is 23.2 Å². The average Bonchev–Trinajstić information content (AvgIpc) is 3.11. The molecule has 3 nitrogen and oxygen atoms in total. The molecule has 4 atom stereocenters. The van der Waals surface area contributed by atoms with E-state index in [2.05, 4.69) is 20.8 Å². The van der Waals surface area contributed by atoms with Crippen LogP contribution in [0.15, 0.2) is 10.7 Å². The van der Waals surface area contributed by atoms with Gasteiger partial charge in [0.1, 0.15) is 5.76 Å². The van der Waals surface area contributed by atoms with Crippen LogP contribution in [0, 0.1) is 6.92 Å². The summed E-state index contributed by atoms with van der Waals surface area (Å²) in [5, 5.41) is 0. The molecular formula is C15H20O3. The van der Waals surface area contributed by atoms with Gasteiger partial charge >= 0.3 is 0 Å². The maximum absolute atomic E-state index is 5.92. The lowest BCUT2D eigenvalue weighted by atomic mass is 9.88. The predicted molar refractivity (Wildman–Crippen MR) is 66.6 cm³/mol. The predicted octanol–water partition coefficient (Wildman–Crippen LogP) is 2.78. The van der Waals surface area contributed by atoms with Gasteiger partial charge in [0.05, 0.1) is 29.7 Å². The molecule has 4 rings (SSSR count). The van der Waals surface area contributed by atoms with Gasteiger partial charge in [0.15, 0.2) is 0 Å². The normalized spacial score (nSPS) is 45.7. The summed E-state index contributed by atoms with van der Waals surface area (Å²) in [7, 11) is 0. The highest BCUT2D eigenvalue weighted by molar-refractivity contribution is 5.32. The molecule has 1 aromatic heterocycles. The van der Waals surface area contributed by atoms with Gasteiger partial charge < -0.3 is 13.9 Å². The summed E-state index contributed by atoms with van der Waals surface area (Å²) in [6.07, 6.45) is 6.76. The Morgan fingerprint density at radius 1 is 1.17 bits per heavy atom. The minimum Gasteiger partial charge on any atom is -0.469 e. The zero-order chi connectivity index (χ0) is 12.5. The highest BCUT2D eigenvalue weighted by Crippen LogP contribution is 2.50. The molecule has 0 spiro atoms. The van der Waals surface area contributed by atoms with E-state index in [4.69, 9.17) is 13.9 Å². The first-order valence-electron chi connectivity index (χ1n) is 6.92. The minimum atomic E-state index is -0.00285. The van der Waals surface area contributed by atoms with Crippen molar-refractivity contribution in [2.75, 3.05) is 0 Å². The Morgan fingerprint density at radius 3 is 2.78 bits per heavy atom. The van der Waals surface area contributed by atoms with Crippen molar-refractivity contribution in [3.63, 3.8) is 0 Å². The smallest absolute Gasteiger partial charge is 0.110 e. The van der Waals surface area contributed by atoms with Crippen molar-refractivity contribution >= 4 is 0 Å². The lowest BCUT2D eigenvalue weighted by molar-refractivity contribution is 0.268. The van der Waals surface area contributed by atoms with E-state index in [0.29, 0.717) is 12.2 Å². The first-order valence-corrected chi connectivity index (χ1v) is 6.92. The third-order valence-electron chi connectivity index (χ3n) is 5.07. The molecule has 3 aliphatic rings. The molecule has 3 heterocycles. The van der Waals surface area contributed by atoms with E-state index in [-0.39, 0.29) is 11.2 Å². The summed E-state index contributed by atoms with van der Waals surface area (Å²) in [5.74, 6) is 1.11. The first-order chi connectivity index (χ1) is 8.50. The van der Waals surface area contributed by atoms with Crippen molar-refractivity contribution in [1.82, 2.24) is 0 Å². The zero-order valence-corrected chi connectivity index (χ0v) is 11.3. The largest absolute Gasteiger partial charge is 0.469 e. The molecule has 2 saturated heterocycles. The molecule has 0 saturated carbocycles. The van der Waals surface area contributed by atoms with Gasteiger partial charge in [0.25, 0.3) is 0 Å². The number of hydrogen-bond acceptors (Lipinski definition) is 3. The Balaban J connectivity index is 1.71. The van der Waals surface area contributed by atoms with Crippen molar-refractivity contribution in [2.45, 2.75) is 69.9 Å². The van der Waals surface area contributed by atoms with E-state index < -0.39 is 0 Å². The Bertz CT molecular complexity index is 506. The summed E-state index contributed by atoms with van der Waals surface area (Å²) in [4.78, 5) is 0. The van der Waals surface area contributed by atoms with Crippen LogP contribution in [0.3, 0.4) is 0 Å². The van der Waals surface area contributed by atoms with Gasteiger partial charge in [-0.15, -0.1) is 0 Å². The van der Waals surface area contributed by atoms with Gasteiger partial charge in [0, 0.05) is 12.8 Å². The first kappa shape index (κ1) is 11.1. The van der Waals surface area contributed by atoms with Crippen molar-refractivity contribution < 1.29 is 13.9 Å². The summed E-state index contributed by atoms with van der Waals surface area (Å²) >= 11 is 0. The number of rotatable bonds is 0. The van der Waals surface area contributed by atoms with Gasteiger partial charge in [0.2, 0.25) is 0 Å². The zero-order valence-electron chi connectivity index (χ0n) is 11.3. The Hall–Kier alpha value is -0.800. The number of epoxide rings is 2. The second-order valence-electron chi connectivity index (χ2n) is 6.58. The highest BCUT2D eigenvalue weighted by Gasteiger charge is 2.58. The van der Waals surface area contributed by atoms with Crippen molar-refractivity contribution in [1.29, 1.82) is 0 Å². The Kier molecular flexibility index (Phi) is 1.97. The Labute approximate surface area is 107 Å². The molecule has 0 radical (unpaired) electrons. The third kappa shape index (κ3) is 1.50. The van der Waals surface area contributed by atoms with E-state index in [1.165, 1.54) is 11.1 Å².